The van der Waals surface area contributed by atoms with Crippen molar-refractivity contribution >= 4 is 29.2 Å². The lowest BCUT2D eigenvalue weighted by atomic mass is 10.3. The molecule has 0 N–H and O–H groups in total. The Labute approximate surface area is 135 Å². The van der Waals surface area contributed by atoms with Gasteiger partial charge >= 0.3 is 5.97 Å². The van der Waals surface area contributed by atoms with Crippen LogP contribution in [0.2, 0.25) is 10.0 Å². The molecule has 0 aliphatic carbocycles. The van der Waals surface area contributed by atoms with Gasteiger partial charge in [-0.25, -0.2) is 0 Å². The number of rotatable bonds is 10. The zero-order valence-electron chi connectivity index (χ0n) is 12.1. The number of unbranched alkanes of at least 4 members (excludes halogenated alkanes) is 1. The Morgan fingerprint density at radius 1 is 1.14 bits per heavy atom. The van der Waals surface area contributed by atoms with Crippen molar-refractivity contribution < 1.29 is 19.0 Å². The number of carbonyl (C=O) groups excluding carboxylic acids is 1. The summed E-state index contributed by atoms with van der Waals surface area (Å²) < 4.78 is 15.7. The van der Waals surface area contributed by atoms with Crippen LogP contribution in [0, 0.1) is 0 Å². The fourth-order valence-corrected chi connectivity index (χ4v) is 1.93. The average Bonchev–Trinajstić information content (AvgIpc) is 2.45. The van der Waals surface area contributed by atoms with Gasteiger partial charge in [0.2, 0.25) is 0 Å². The molecule has 1 aromatic rings. The number of hydrogen-bond acceptors (Lipinski definition) is 4. The molecule has 0 heterocycles. The Morgan fingerprint density at radius 2 is 1.95 bits per heavy atom. The molecule has 0 saturated carbocycles. The van der Waals surface area contributed by atoms with Crippen LogP contribution in [-0.4, -0.2) is 32.4 Å². The highest BCUT2D eigenvalue weighted by Crippen LogP contribution is 2.27. The molecular weight excluding hydrogens is 315 g/mol. The maximum Gasteiger partial charge on any atom is 0.309 e. The third-order valence-electron chi connectivity index (χ3n) is 2.59. The number of ether oxygens (including phenoxy) is 3. The van der Waals surface area contributed by atoms with Crippen molar-refractivity contribution in [2.75, 3.05) is 26.4 Å². The van der Waals surface area contributed by atoms with Crippen LogP contribution < -0.4 is 4.74 Å². The van der Waals surface area contributed by atoms with Crippen molar-refractivity contribution in [1.82, 2.24) is 0 Å². The fraction of sp³-hybridized carbons (Fsp3) is 0.533. The minimum Gasteiger partial charge on any atom is -0.491 e. The van der Waals surface area contributed by atoms with Crippen LogP contribution in [0.4, 0.5) is 0 Å². The van der Waals surface area contributed by atoms with Crippen LogP contribution in [0.1, 0.15) is 26.2 Å². The highest BCUT2D eigenvalue weighted by atomic mass is 35.5. The molecule has 6 heteroatoms. The van der Waals surface area contributed by atoms with E-state index in [1.54, 1.807) is 18.2 Å². The van der Waals surface area contributed by atoms with Crippen molar-refractivity contribution in [3.05, 3.63) is 28.2 Å². The lowest BCUT2D eigenvalue weighted by Crippen LogP contribution is -2.13. The van der Waals surface area contributed by atoms with Crippen LogP contribution in [0.5, 0.6) is 5.75 Å². The number of halogens is 2. The summed E-state index contributed by atoms with van der Waals surface area (Å²) in [6.07, 6.45) is 2.27. The molecule has 0 aliphatic rings. The van der Waals surface area contributed by atoms with Crippen molar-refractivity contribution in [3.8, 4) is 5.75 Å². The Hall–Kier alpha value is -0.970. The van der Waals surface area contributed by atoms with Gasteiger partial charge in [-0.15, -0.1) is 0 Å². The first kappa shape index (κ1) is 18.1. The lowest BCUT2D eigenvalue weighted by Gasteiger charge is -2.08. The summed E-state index contributed by atoms with van der Waals surface area (Å²) in [5, 5.41) is 0.954. The van der Waals surface area contributed by atoms with Crippen molar-refractivity contribution in [3.63, 3.8) is 0 Å². The topological polar surface area (TPSA) is 44.8 Å². The number of carbonyl (C=O) groups is 1. The van der Waals surface area contributed by atoms with Crippen LogP contribution in [0.25, 0.3) is 0 Å². The van der Waals surface area contributed by atoms with Crippen LogP contribution in [0.3, 0.4) is 0 Å². The lowest BCUT2D eigenvalue weighted by molar-refractivity contribution is -0.145. The van der Waals surface area contributed by atoms with E-state index in [0.29, 0.717) is 29.0 Å². The molecule has 0 aromatic heterocycles. The van der Waals surface area contributed by atoms with Crippen LogP contribution in [0.15, 0.2) is 18.2 Å². The van der Waals surface area contributed by atoms with E-state index >= 15 is 0 Å². The summed E-state index contributed by atoms with van der Waals surface area (Å²) in [6, 6.07) is 4.93. The molecule has 0 atom stereocenters. The Morgan fingerprint density at radius 3 is 2.67 bits per heavy atom. The number of esters is 1. The number of hydrogen-bond donors (Lipinski definition) is 0. The molecule has 1 aromatic carbocycles. The quantitative estimate of drug-likeness (QED) is 0.477. The molecule has 0 radical (unpaired) electrons. The average molecular weight is 335 g/mol. The highest BCUT2D eigenvalue weighted by Gasteiger charge is 2.06. The molecule has 4 nitrogen and oxygen atoms in total. The van der Waals surface area contributed by atoms with E-state index in [1.807, 2.05) is 0 Å². The SMILES string of the molecule is CCCCOCCOC(=O)CCOc1ccc(Cl)cc1Cl. The van der Waals surface area contributed by atoms with E-state index in [1.165, 1.54) is 0 Å². The molecule has 0 unspecified atom stereocenters. The zero-order valence-corrected chi connectivity index (χ0v) is 13.6. The van der Waals surface area contributed by atoms with Crippen molar-refractivity contribution in [2.24, 2.45) is 0 Å². The van der Waals surface area contributed by atoms with E-state index in [-0.39, 0.29) is 25.6 Å². The summed E-state index contributed by atoms with van der Waals surface area (Å²) >= 11 is 11.7. The van der Waals surface area contributed by atoms with Crippen molar-refractivity contribution in [1.29, 1.82) is 0 Å². The molecule has 0 spiro atoms. The predicted octanol–water partition coefficient (Wildman–Crippen LogP) is 4.12. The van der Waals surface area contributed by atoms with Gasteiger partial charge in [-0.1, -0.05) is 36.5 Å². The molecule has 118 valence electrons. The van der Waals surface area contributed by atoms with Gasteiger partial charge in [0.15, 0.2) is 0 Å². The van der Waals surface area contributed by atoms with E-state index in [9.17, 15) is 4.79 Å². The molecule has 0 saturated heterocycles. The Balaban J connectivity index is 2.10. The summed E-state index contributed by atoms with van der Waals surface area (Å²) in [5.74, 6) is 0.177. The number of benzene rings is 1. The smallest absolute Gasteiger partial charge is 0.309 e. The molecule has 0 fully saturated rings. The van der Waals surface area contributed by atoms with Gasteiger partial charge in [-0.3, -0.25) is 4.79 Å². The van der Waals surface area contributed by atoms with Crippen molar-refractivity contribution in [2.45, 2.75) is 26.2 Å². The van der Waals surface area contributed by atoms with Gasteiger partial charge in [0.05, 0.1) is 24.7 Å². The summed E-state index contributed by atoms with van der Waals surface area (Å²) in [5.41, 5.74) is 0. The zero-order chi connectivity index (χ0) is 15.5. The summed E-state index contributed by atoms with van der Waals surface area (Å²) in [6.45, 7) is 3.69. The van der Waals surface area contributed by atoms with E-state index in [4.69, 9.17) is 37.4 Å². The molecular formula is C15H20Cl2O4. The summed E-state index contributed by atoms with van der Waals surface area (Å²) in [4.78, 5) is 11.4. The Bertz CT molecular complexity index is 438. The van der Waals surface area contributed by atoms with E-state index < -0.39 is 0 Å². The van der Waals surface area contributed by atoms with Crippen LogP contribution >= 0.6 is 23.2 Å². The van der Waals surface area contributed by atoms with Crippen LogP contribution in [-0.2, 0) is 14.3 Å². The van der Waals surface area contributed by atoms with Gasteiger partial charge in [0, 0.05) is 11.6 Å². The van der Waals surface area contributed by atoms with E-state index in [0.717, 1.165) is 12.8 Å². The minimum atomic E-state index is -0.320. The molecule has 21 heavy (non-hydrogen) atoms. The maximum atomic E-state index is 11.4. The first-order valence-corrected chi connectivity index (χ1v) is 7.70. The molecule has 1 rings (SSSR count). The Kier molecular flexibility index (Phi) is 9.22. The second-order valence-electron chi connectivity index (χ2n) is 4.36. The van der Waals surface area contributed by atoms with E-state index in [2.05, 4.69) is 6.92 Å². The highest BCUT2D eigenvalue weighted by molar-refractivity contribution is 6.35. The van der Waals surface area contributed by atoms with Gasteiger partial charge in [0.1, 0.15) is 12.4 Å². The standard InChI is InChI=1S/C15H20Cl2O4/c1-2-3-7-19-9-10-21-15(18)6-8-20-14-5-4-12(16)11-13(14)17/h4-5,11H,2-3,6-10H2,1H3. The third kappa shape index (κ3) is 8.15. The summed E-state index contributed by atoms with van der Waals surface area (Å²) in [7, 11) is 0. The molecule has 0 amide bonds. The first-order valence-electron chi connectivity index (χ1n) is 6.94. The molecule has 0 aliphatic heterocycles. The van der Waals surface area contributed by atoms with Gasteiger partial charge in [0.25, 0.3) is 0 Å². The second kappa shape index (κ2) is 10.7. The predicted molar refractivity (Wildman–Crippen MR) is 83.3 cm³/mol. The van der Waals surface area contributed by atoms with Gasteiger partial charge in [-0.05, 0) is 24.6 Å². The monoisotopic (exact) mass is 334 g/mol. The maximum absolute atomic E-state index is 11.4. The third-order valence-corrected chi connectivity index (χ3v) is 3.12. The molecule has 0 bridgehead atoms. The normalized spacial score (nSPS) is 10.4. The largest absolute Gasteiger partial charge is 0.491 e. The fourth-order valence-electron chi connectivity index (χ4n) is 1.47. The minimum absolute atomic E-state index is 0.161. The van der Waals surface area contributed by atoms with Gasteiger partial charge in [-0.2, -0.15) is 0 Å². The van der Waals surface area contributed by atoms with Gasteiger partial charge < -0.3 is 14.2 Å². The second-order valence-corrected chi connectivity index (χ2v) is 5.20. The first-order chi connectivity index (χ1) is 10.1.